The van der Waals surface area contributed by atoms with Gasteiger partial charge in [0, 0.05) is 32.2 Å². The second-order valence-corrected chi connectivity index (χ2v) is 7.47. The third-order valence-electron chi connectivity index (χ3n) is 5.24. The van der Waals surface area contributed by atoms with Crippen molar-refractivity contribution in [2.45, 2.75) is 71.8 Å². The molecule has 23 heavy (non-hydrogen) atoms. The SMILES string of the molecule is CCCN1CCC(NC(=NCC2(C)CCCC2)NCC)CC1.I. The Labute approximate surface area is 160 Å². The average Bonchev–Trinajstić information content (AvgIpc) is 2.95. The lowest BCUT2D eigenvalue weighted by Crippen LogP contribution is -2.49. The Morgan fingerprint density at radius 3 is 2.39 bits per heavy atom. The molecule has 0 atom stereocenters. The molecule has 1 saturated heterocycles. The van der Waals surface area contributed by atoms with E-state index in [1.54, 1.807) is 0 Å². The second kappa shape index (κ2) is 10.7. The second-order valence-electron chi connectivity index (χ2n) is 7.47. The zero-order valence-corrected chi connectivity index (χ0v) is 17.7. The van der Waals surface area contributed by atoms with Crippen molar-refractivity contribution in [3.63, 3.8) is 0 Å². The van der Waals surface area contributed by atoms with Crippen LogP contribution in [0.1, 0.15) is 65.7 Å². The van der Waals surface area contributed by atoms with Crippen molar-refractivity contribution >= 4 is 29.9 Å². The molecular formula is C18H37IN4. The highest BCUT2D eigenvalue weighted by Crippen LogP contribution is 2.37. The van der Waals surface area contributed by atoms with Crippen LogP contribution < -0.4 is 10.6 Å². The predicted octanol–water partition coefficient (Wildman–Crippen LogP) is 3.61. The van der Waals surface area contributed by atoms with E-state index in [9.17, 15) is 0 Å². The number of hydrogen-bond donors (Lipinski definition) is 2. The molecule has 2 rings (SSSR count). The number of nitrogens with one attached hydrogen (secondary N) is 2. The minimum absolute atomic E-state index is 0. The van der Waals surface area contributed by atoms with Crippen molar-refractivity contribution in [2.24, 2.45) is 10.4 Å². The van der Waals surface area contributed by atoms with Crippen LogP contribution in [-0.2, 0) is 0 Å². The van der Waals surface area contributed by atoms with Crippen molar-refractivity contribution in [1.29, 1.82) is 0 Å². The maximum Gasteiger partial charge on any atom is 0.191 e. The number of nitrogens with zero attached hydrogens (tertiary/aromatic N) is 2. The summed E-state index contributed by atoms with van der Waals surface area (Å²) in [4.78, 5) is 7.48. The lowest BCUT2D eigenvalue weighted by molar-refractivity contribution is 0.206. The van der Waals surface area contributed by atoms with Gasteiger partial charge in [0.05, 0.1) is 0 Å². The summed E-state index contributed by atoms with van der Waals surface area (Å²) in [5, 5.41) is 7.11. The third-order valence-corrected chi connectivity index (χ3v) is 5.24. The van der Waals surface area contributed by atoms with Gasteiger partial charge >= 0.3 is 0 Å². The standard InChI is InChI=1S/C18H36N4.HI/c1-4-12-22-13-8-16(9-14-22)21-17(19-5-2)20-15-18(3)10-6-7-11-18;/h16H,4-15H2,1-3H3,(H2,19,20,21);1H. The van der Waals surface area contributed by atoms with E-state index in [4.69, 9.17) is 4.99 Å². The van der Waals surface area contributed by atoms with Crippen molar-refractivity contribution in [3.05, 3.63) is 0 Å². The van der Waals surface area contributed by atoms with Gasteiger partial charge in [-0.15, -0.1) is 24.0 Å². The normalized spacial score (nSPS) is 22.7. The van der Waals surface area contributed by atoms with E-state index >= 15 is 0 Å². The summed E-state index contributed by atoms with van der Waals surface area (Å²) in [6.07, 6.45) is 9.18. The first-order valence-electron chi connectivity index (χ1n) is 9.42. The van der Waals surface area contributed by atoms with Gasteiger partial charge in [0.1, 0.15) is 0 Å². The number of guanidine groups is 1. The molecule has 0 radical (unpaired) electrons. The molecule has 2 N–H and O–H groups in total. The molecule has 0 bridgehead atoms. The van der Waals surface area contributed by atoms with Crippen molar-refractivity contribution in [2.75, 3.05) is 32.7 Å². The van der Waals surface area contributed by atoms with Gasteiger partial charge in [-0.25, -0.2) is 0 Å². The molecule has 0 aromatic heterocycles. The summed E-state index contributed by atoms with van der Waals surface area (Å²) in [6.45, 7) is 12.4. The van der Waals surface area contributed by atoms with Crippen LogP contribution in [0.2, 0.25) is 0 Å². The molecule has 0 amide bonds. The van der Waals surface area contributed by atoms with Crippen LogP contribution in [0, 0.1) is 5.41 Å². The largest absolute Gasteiger partial charge is 0.357 e. The molecule has 4 nitrogen and oxygen atoms in total. The monoisotopic (exact) mass is 436 g/mol. The molecule has 0 unspecified atom stereocenters. The lowest BCUT2D eigenvalue weighted by Gasteiger charge is -2.33. The van der Waals surface area contributed by atoms with Gasteiger partial charge in [0.2, 0.25) is 0 Å². The van der Waals surface area contributed by atoms with Crippen LogP contribution in [0.15, 0.2) is 4.99 Å². The Morgan fingerprint density at radius 2 is 1.83 bits per heavy atom. The fourth-order valence-electron chi connectivity index (χ4n) is 3.79. The van der Waals surface area contributed by atoms with E-state index in [2.05, 4.69) is 36.3 Å². The zero-order chi connectivity index (χ0) is 15.8. The van der Waals surface area contributed by atoms with Gasteiger partial charge in [0.25, 0.3) is 0 Å². The molecule has 2 aliphatic rings. The number of piperidine rings is 1. The molecule has 1 heterocycles. The molecule has 5 heteroatoms. The molecular weight excluding hydrogens is 399 g/mol. The van der Waals surface area contributed by atoms with Crippen LogP contribution in [0.3, 0.4) is 0 Å². The summed E-state index contributed by atoms with van der Waals surface area (Å²) in [7, 11) is 0. The van der Waals surface area contributed by atoms with Crippen LogP contribution in [0.5, 0.6) is 0 Å². The van der Waals surface area contributed by atoms with E-state index in [1.807, 2.05) is 0 Å². The Morgan fingerprint density at radius 1 is 1.17 bits per heavy atom. The summed E-state index contributed by atoms with van der Waals surface area (Å²) in [5.74, 6) is 1.03. The summed E-state index contributed by atoms with van der Waals surface area (Å²) < 4.78 is 0. The fourth-order valence-corrected chi connectivity index (χ4v) is 3.79. The Bertz CT molecular complexity index is 345. The Balaban J connectivity index is 0.00000264. The average molecular weight is 436 g/mol. The van der Waals surface area contributed by atoms with Gasteiger partial charge in [0.15, 0.2) is 5.96 Å². The van der Waals surface area contributed by atoms with Crippen LogP contribution in [0.4, 0.5) is 0 Å². The van der Waals surface area contributed by atoms with Crippen LogP contribution in [0.25, 0.3) is 0 Å². The first-order chi connectivity index (χ1) is 10.6. The van der Waals surface area contributed by atoms with Gasteiger partial charge in [-0.1, -0.05) is 26.7 Å². The van der Waals surface area contributed by atoms with Gasteiger partial charge in [-0.05, 0) is 51.0 Å². The number of hydrogen-bond acceptors (Lipinski definition) is 2. The number of likely N-dealkylation sites (tertiary alicyclic amines) is 1. The van der Waals surface area contributed by atoms with Crippen LogP contribution >= 0.6 is 24.0 Å². The van der Waals surface area contributed by atoms with Crippen molar-refractivity contribution in [3.8, 4) is 0 Å². The molecule has 0 aromatic rings. The molecule has 0 aromatic carbocycles. The minimum atomic E-state index is 0. The highest BCUT2D eigenvalue weighted by atomic mass is 127. The topological polar surface area (TPSA) is 39.7 Å². The zero-order valence-electron chi connectivity index (χ0n) is 15.4. The van der Waals surface area contributed by atoms with E-state index < -0.39 is 0 Å². The van der Waals surface area contributed by atoms with E-state index in [1.165, 1.54) is 64.6 Å². The summed E-state index contributed by atoms with van der Waals surface area (Å²) in [5.41, 5.74) is 0.437. The molecule has 1 aliphatic heterocycles. The quantitative estimate of drug-likeness (QED) is 0.380. The highest BCUT2D eigenvalue weighted by Gasteiger charge is 2.28. The van der Waals surface area contributed by atoms with Crippen molar-refractivity contribution in [1.82, 2.24) is 15.5 Å². The minimum Gasteiger partial charge on any atom is -0.357 e. The fraction of sp³-hybridized carbons (Fsp3) is 0.944. The molecule has 136 valence electrons. The van der Waals surface area contributed by atoms with Crippen molar-refractivity contribution < 1.29 is 0 Å². The smallest absolute Gasteiger partial charge is 0.191 e. The third kappa shape index (κ3) is 7.16. The predicted molar refractivity (Wildman–Crippen MR) is 111 cm³/mol. The number of halogens is 1. The Hall–Kier alpha value is -0.0400. The molecule has 0 spiro atoms. The number of aliphatic imine (C=N–C) groups is 1. The van der Waals surface area contributed by atoms with Gasteiger partial charge in [-0.2, -0.15) is 0 Å². The van der Waals surface area contributed by atoms with Gasteiger partial charge in [-0.3, -0.25) is 4.99 Å². The summed E-state index contributed by atoms with van der Waals surface area (Å²) in [6, 6.07) is 0.585. The maximum atomic E-state index is 4.90. The highest BCUT2D eigenvalue weighted by molar-refractivity contribution is 14.0. The van der Waals surface area contributed by atoms with E-state index in [-0.39, 0.29) is 24.0 Å². The van der Waals surface area contributed by atoms with Gasteiger partial charge < -0.3 is 15.5 Å². The summed E-state index contributed by atoms with van der Waals surface area (Å²) >= 11 is 0. The van der Waals surface area contributed by atoms with Crippen LogP contribution in [-0.4, -0.2) is 49.6 Å². The molecule has 1 saturated carbocycles. The number of rotatable bonds is 6. The lowest BCUT2D eigenvalue weighted by atomic mass is 9.89. The van der Waals surface area contributed by atoms with E-state index in [0.29, 0.717) is 11.5 Å². The Kier molecular flexibility index (Phi) is 9.82. The molecule has 2 fully saturated rings. The first kappa shape index (κ1) is 21.0. The van der Waals surface area contributed by atoms with E-state index in [0.717, 1.165) is 19.0 Å². The first-order valence-corrected chi connectivity index (χ1v) is 9.42. The maximum absolute atomic E-state index is 4.90. The molecule has 1 aliphatic carbocycles.